The number of benzene rings is 1. The van der Waals surface area contributed by atoms with Crippen LogP contribution in [0.4, 0.5) is 0 Å². The molecular weight excluding hydrogens is 358 g/mol. The fourth-order valence-electron chi connectivity index (χ4n) is 3.69. The molecule has 0 saturated carbocycles. The van der Waals surface area contributed by atoms with Gasteiger partial charge in [0.2, 0.25) is 5.91 Å². The first-order valence-corrected chi connectivity index (χ1v) is 10.4. The van der Waals surface area contributed by atoms with Gasteiger partial charge in [-0.1, -0.05) is 6.07 Å². The number of likely N-dealkylation sites (tertiary alicyclic amines) is 1. The molecule has 1 aliphatic rings. The van der Waals surface area contributed by atoms with Crippen molar-refractivity contribution < 1.29 is 4.79 Å². The van der Waals surface area contributed by atoms with Gasteiger partial charge in [-0.25, -0.2) is 9.97 Å². The van der Waals surface area contributed by atoms with Gasteiger partial charge in [-0.05, 0) is 57.2 Å². The van der Waals surface area contributed by atoms with Gasteiger partial charge in [0.25, 0.3) is 0 Å². The maximum atomic E-state index is 12.2. The first-order chi connectivity index (χ1) is 13.0. The van der Waals surface area contributed by atoms with Crippen molar-refractivity contribution in [2.75, 3.05) is 12.8 Å². The number of carbonyl (C=O) groups excluding carboxylic acids is 1. The van der Waals surface area contributed by atoms with E-state index in [9.17, 15) is 4.79 Å². The third-order valence-electron chi connectivity index (χ3n) is 5.12. The first kappa shape index (κ1) is 18.0. The van der Waals surface area contributed by atoms with Crippen molar-refractivity contribution in [2.45, 2.75) is 44.6 Å². The number of aromatic nitrogens is 4. The second kappa shape index (κ2) is 6.96. The topological polar surface area (TPSA) is 63.9 Å². The maximum Gasteiger partial charge on any atom is 0.223 e. The van der Waals surface area contributed by atoms with E-state index >= 15 is 0 Å². The molecule has 27 heavy (non-hydrogen) atoms. The molecule has 0 bridgehead atoms. The van der Waals surface area contributed by atoms with E-state index in [1.54, 1.807) is 16.4 Å². The van der Waals surface area contributed by atoms with E-state index in [0.717, 1.165) is 41.1 Å². The van der Waals surface area contributed by atoms with Gasteiger partial charge in [0.15, 0.2) is 11.6 Å². The Morgan fingerprint density at radius 1 is 1.19 bits per heavy atom. The van der Waals surface area contributed by atoms with E-state index in [-0.39, 0.29) is 11.9 Å². The van der Waals surface area contributed by atoms with Crippen LogP contribution >= 0.6 is 11.8 Å². The Labute approximate surface area is 163 Å². The van der Waals surface area contributed by atoms with Crippen LogP contribution in [0.1, 0.15) is 43.0 Å². The summed E-state index contributed by atoms with van der Waals surface area (Å²) in [5.74, 6) is 2.37. The second-order valence-electron chi connectivity index (χ2n) is 6.98. The minimum atomic E-state index is -0.128. The molecule has 3 aromatic rings. The molecule has 140 valence electrons. The SMILES string of the molecule is CSc1ccc2c(C)cc(-n3nc(C)nc3C(C)N3CCCC3=O)nc2c1. The second-order valence-corrected chi connectivity index (χ2v) is 7.86. The molecule has 6 nitrogen and oxygen atoms in total. The normalized spacial score (nSPS) is 15.7. The van der Waals surface area contributed by atoms with Gasteiger partial charge in [0.05, 0.1) is 11.6 Å². The monoisotopic (exact) mass is 381 g/mol. The zero-order valence-corrected chi connectivity index (χ0v) is 16.9. The van der Waals surface area contributed by atoms with Gasteiger partial charge < -0.3 is 4.90 Å². The molecule has 3 heterocycles. The van der Waals surface area contributed by atoms with Gasteiger partial charge >= 0.3 is 0 Å². The molecule has 4 rings (SSSR count). The van der Waals surface area contributed by atoms with Crippen molar-refractivity contribution in [3.8, 4) is 5.82 Å². The number of carbonyl (C=O) groups is 1. The van der Waals surface area contributed by atoms with Gasteiger partial charge in [0.1, 0.15) is 5.82 Å². The molecule has 2 aromatic heterocycles. The molecule has 0 radical (unpaired) electrons. The van der Waals surface area contributed by atoms with E-state index in [1.165, 1.54) is 4.90 Å². The van der Waals surface area contributed by atoms with E-state index in [1.807, 2.05) is 24.8 Å². The van der Waals surface area contributed by atoms with E-state index in [4.69, 9.17) is 4.98 Å². The molecule has 1 aromatic carbocycles. The summed E-state index contributed by atoms with van der Waals surface area (Å²) in [7, 11) is 0. The summed E-state index contributed by atoms with van der Waals surface area (Å²) in [5.41, 5.74) is 2.09. The average Bonchev–Trinajstić information content (AvgIpc) is 3.26. The van der Waals surface area contributed by atoms with Crippen molar-refractivity contribution in [3.63, 3.8) is 0 Å². The van der Waals surface area contributed by atoms with Crippen molar-refractivity contribution >= 4 is 28.6 Å². The fourth-order valence-corrected chi connectivity index (χ4v) is 4.12. The molecule has 1 atom stereocenters. The smallest absolute Gasteiger partial charge is 0.223 e. The van der Waals surface area contributed by atoms with E-state index in [0.29, 0.717) is 12.2 Å². The molecule has 1 amide bonds. The summed E-state index contributed by atoms with van der Waals surface area (Å²) < 4.78 is 1.80. The quantitative estimate of drug-likeness (QED) is 0.643. The number of amides is 1. The zero-order valence-electron chi connectivity index (χ0n) is 16.1. The van der Waals surface area contributed by atoms with Crippen LogP contribution in [0.15, 0.2) is 29.2 Å². The van der Waals surface area contributed by atoms with Gasteiger partial charge in [-0.2, -0.15) is 4.68 Å². The van der Waals surface area contributed by atoms with Crippen LogP contribution in [-0.2, 0) is 4.79 Å². The Balaban J connectivity index is 1.83. The summed E-state index contributed by atoms with van der Waals surface area (Å²) in [4.78, 5) is 24.7. The average molecular weight is 382 g/mol. The van der Waals surface area contributed by atoms with Crippen LogP contribution in [0.25, 0.3) is 16.7 Å². The molecular formula is C20H23N5OS. The van der Waals surface area contributed by atoms with Crippen LogP contribution in [-0.4, -0.2) is 43.4 Å². The molecule has 1 fully saturated rings. The number of hydrogen-bond donors (Lipinski definition) is 0. The number of fused-ring (bicyclic) bond motifs is 1. The lowest BCUT2D eigenvalue weighted by atomic mass is 10.1. The van der Waals surface area contributed by atoms with Crippen molar-refractivity contribution in [2.24, 2.45) is 0 Å². The maximum absolute atomic E-state index is 12.2. The highest BCUT2D eigenvalue weighted by molar-refractivity contribution is 7.98. The van der Waals surface area contributed by atoms with E-state index in [2.05, 4.69) is 41.5 Å². The summed E-state index contributed by atoms with van der Waals surface area (Å²) >= 11 is 1.70. The zero-order chi connectivity index (χ0) is 19.1. The lowest BCUT2D eigenvalue weighted by molar-refractivity contribution is -0.129. The largest absolute Gasteiger partial charge is 0.333 e. The van der Waals surface area contributed by atoms with Crippen molar-refractivity contribution in [3.05, 3.63) is 41.5 Å². The van der Waals surface area contributed by atoms with Gasteiger partial charge in [0, 0.05) is 23.2 Å². The highest BCUT2D eigenvalue weighted by atomic mass is 32.2. The Bertz CT molecular complexity index is 1030. The summed E-state index contributed by atoms with van der Waals surface area (Å²) in [6, 6.07) is 8.25. The minimum absolute atomic E-state index is 0.128. The summed E-state index contributed by atoms with van der Waals surface area (Å²) in [6.07, 6.45) is 3.58. The highest BCUT2D eigenvalue weighted by Gasteiger charge is 2.30. The molecule has 1 unspecified atom stereocenters. The van der Waals surface area contributed by atoms with Gasteiger partial charge in [-0.15, -0.1) is 16.9 Å². The number of thioether (sulfide) groups is 1. The third kappa shape index (κ3) is 3.20. The Morgan fingerprint density at radius 2 is 2.00 bits per heavy atom. The predicted octanol–water partition coefficient (Wildman–Crippen LogP) is 3.84. The first-order valence-electron chi connectivity index (χ1n) is 9.16. The number of nitrogens with zero attached hydrogens (tertiary/aromatic N) is 5. The van der Waals surface area contributed by atoms with Crippen LogP contribution in [0.5, 0.6) is 0 Å². The highest BCUT2D eigenvalue weighted by Crippen LogP contribution is 2.28. The van der Waals surface area contributed by atoms with Crippen molar-refractivity contribution in [1.82, 2.24) is 24.6 Å². The minimum Gasteiger partial charge on any atom is -0.333 e. The fraction of sp³-hybridized carbons (Fsp3) is 0.400. The number of pyridine rings is 1. The summed E-state index contributed by atoms with van der Waals surface area (Å²) in [6.45, 7) is 6.75. The van der Waals surface area contributed by atoms with Crippen LogP contribution in [0.2, 0.25) is 0 Å². The van der Waals surface area contributed by atoms with Crippen molar-refractivity contribution in [1.29, 1.82) is 0 Å². The molecule has 1 aliphatic heterocycles. The van der Waals surface area contributed by atoms with Crippen LogP contribution in [0.3, 0.4) is 0 Å². The Morgan fingerprint density at radius 3 is 2.70 bits per heavy atom. The lowest BCUT2D eigenvalue weighted by Gasteiger charge is -2.23. The molecule has 0 N–H and O–H groups in total. The molecule has 0 spiro atoms. The van der Waals surface area contributed by atoms with Crippen LogP contribution < -0.4 is 0 Å². The molecule has 7 heteroatoms. The molecule has 1 saturated heterocycles. The Hall–Kier alpha value is -2.41. The predicted molar refractivity (Wildman–Crippen MR) is 107 cm³/mol. The van der Waals surface area contributed by atoms with Crippen LogP contribution in [0, 0.1) is 13.8 Å². The Kier molecular flexibility index (Phi) is 4.63. The lowest BCUT2D eigenvalue weighted by Crippen LogP contribution is -2.30. The number of rotatable bonds is 4. The van der Waals surface area contributed by atoms with E-state index < -0.39 is 0 Å². The number of hydrogen-bond acceptors (Lipinski definition) is 5. The standard InChI is InChI=1S/C20H23N5OS/c1-12-10-18(22-17-11-15(27-4)7-8-16(12)17)25-20(21-14(3)23-25)13(2)24-9-5-6-19(24)26/h7-8,10-11,13H,5-6,9H2,1-4H3. The molecule has 0 aliphatic carbocycles. The van der Waals surface area contributed by atoms with Gasteiger partial charge in [-0.3, -0.25) is 4.79 Å². The summed E-state index contributed by atoms with van der Waals surface area (Å²) in [5, 5.41) is 5.73. The number of aryl methyl sites for hydroxylation is 2. The third-order valence-corrected chi connectivity index (χ3v) is 5.84.